The predicted molar refractivity (Wildman–Crippen MR) is 69.1 cm³/mol. The highest BCUT2D eigenvalue weighted by Gasteiger charge is 2.05. The monoisotopic (exact) mass is 236 g/mol. The van der Waals surface area contributed by atoms with Crippen LogP contribution in [-0.4, -0.2) is 19.1 Å². The van der Waals surface area contributed by atoms with Crippen molar-refractivity contribution in [1.82, 2.24) is 5.32 Å². The van der Waals surface area contributed by atoms with Crippen molar-refractivity contribution >= 4 is 11.6 Å². The highest BCUT2D eigenvalue weighted by atomic mass is 16.5. The minimum atomic E-state index is 0.0114. The molecular formula is C13H20N2O2. The van der Waals surface area contributed by atoms with E-state index in [1.807, 2.05) is 32.9 Å². The second kappa shape index (κ2) is 6.13. The highest BCUT2D eigenvalue weighted by molar-refractivity contribution is 5.75. The van der Waals surface area contributed by atoms with Crippen LogP contribution in [0.2, 0.25) is 0 Å². The smallest absolute Gasteiger partial charge is 0.223 e. The van der Waals surface area contributed by atoms with Gasteiger partial charge < -0.3 is 15.8 Å². The van der Waals surface area contributed by atoms with Crippen LogP contribution < -0.4 is 15.8 Å². The number of rotatable bonds is 5. The molecule has 0 aliphatic carbocycles. The van der Waals surface area contributed by atoms with Gasteiger partial charge in [0.25, 0.3) is 0 Å². The Bertz CT molecular complexity index is 403. The molecule has 3 N–H and O–H groups in total. The average molecular weight is 236 g/mol. The molecule has 4 nitrogen and oxygen atoms in total. The fraction of sp³-hybridized carbons (Fsp3) is 0.462. The molecule has 0 bridgehead atoms. The Hall–Kier alpha value is -1.71. The van der Waals surface area contributed by atoms with Gasteiger partial charge in [-0.2, -0.15) is 0 Å². The summed E-state index contributed by atoms with van der Waals surface area (Å²) in [5, 5.41) is 2.73. The first-order valence-corrected chi connectivity index (χ1v) is 5.80. The molecule has 0 spiro atoms. The van der Waals surface area contributed by atoms with E-state index >= 15 is 0 Å². The lowest BCUT2D eigenvalue weighted by Gasteiger charge is -2.11. The van der Waals surface area contributed by atoms with Crippen LogP contribution >= 0.6 is 0 Å². The van der Waals surface area contributed by atoms with Gasteiger partial charge in [-0.3, -0.25) is 4.79 Å². The van der Waals surface area contributed by atoms with Gasteiger partial charge in [0.15, 0.2) is 0 Å². The summed E-state index contributed by atoms with van der Waals surface area (Å²) in [6.45, 7) is 6.81. The first-order chi connectivity index (χ1) is 8.04. The van der Waals surface area contributed by atoms with Crippen LogP contribution in [0.25, 0.3) is 0 Å². The Morgan fingerprint density at radius 2 is 2.06 bits per heavy atom. The summed E-state index contributed by atoms with van der Waals surface area (Å²) in [6.07, 6.45) is 0.372. The number of ether oxygens (including phenoxy) is 1. The molecule has 0 fully saturated rings. The zero-order valence-electron chi connectivity index (χ0n) is 10.7. The minimum Gasteiger partial charge on any atom is -0.493 e. The van der Waals surface area contributed by atoms with E-state index in [0.717, 1.165) is 22.6 Å². The Kier molecular flexibility index (Phi) is 4.82. The summed E-state index contributed by atoms with van der Waals surface area (Å²) in [5.74, 6) is 0.804. The van der Waals surface area contributed by atoms with E-state index in [0.29, 0.717) is 19.6 Å². The molecule has 0 aliphatic heterocycles. The molecule has 1 aromatic rings. The van der Waals surface area contributed by atoms with Gasteiger partial charge in [0, 0.05) is 12.2 Å². The highest BCUT2D eigenvalue weighted by Crippen LogP contribution is 2.24. The Balaban J connectivity index is 2.52. The number of carbonyl (C=O) groups is 1. The van der Waals surface area contributed by atoms with Crippen molar-refractivity contribution in [3.63, 3.8) is 0 Å². The van der Waals surface area contributed by atoms with E-state index in [4.69, 9.17) is 10.5 Å². The summed E-state index contributed by atoms with van der Waals surface area (Å²) in [4.78, 5) is 11.2. The van der Waals surface area contributed by atoms with Gasteiger partial charge in [-0.25, -0.2) is 0 Å². The number of hydrogen-bond donors (Lipinski definition) is 2. The molecule has 1 aromatic carbocycles. The maximum atomic E-state index is 11.2. The van der Waals surface area contributed by atoms with Crippen molar-refractivity contribution in [2.24, 2.45) is 0 Å². The minimum absolute atomic E-state index is 0.0114. The first-order valence-electron chi connectivity index (χ1n) is 5.80. The molecule has 0 radical (unpaired) electrons. The molecule has 17 heavy (non-hydrogen) atoms. The summed E-state index contributed by atoms with van der Waals surface area (Å²) >= 11 is 0. The maximum absolute atomic E-state index is 11.2. The third kappa shape index (κ3) is 3.98. The number of amides is 1. The van der Waals surface area contributed by atoms with Crippen molar-refractivity contribution in [2.45, 2.75) is 27.2 Å². The van der Waals surface area contributed by atoms with E-state index in [2.05, 4.69) is 5.32 Å². The van der Waals surface area contributed by atoms with Crippen LogP contribution in [0, 0.1) is 13.8 Å². The molecule has 0 heterocycles. The van der Waals surface area contributed by atoms with Gasteiger partial charge in [-0.05, 0) is 44.0 Å². The largest absolute Gasteiger partial charge is 0.493 e. The second-order valence-corrected chi connectivity index (χ2v) is 4.03. The molecular weight excluding hydrogens is 216 g/mol. The van der Waals surface area contributed by atoms with Crippen molar-refractivity contribution < 1.29 is 9.53 Å². The fourth-order valence-corrected chi connectivity index (χ4v) is 1.51. The SMILES string of the molecule is CCNC(=O)CCOc1cc(C)c(N)cc1C. The van der Waals surface area contributed by atoms with Crippen LogP contribution in [0.5, 0.6) is 5.75 Å². The van der Waals surface area contributed by atoms with Crippen LogP contribution in [0.4, 0.5) is 5.69 Å². The van der Waals surface area contributed by atoms with Crippen molar-refractivity contribution in [3.05, 3.63) is 23.3 Å². The molecule has 0 saturated heterocycles. The number of nitrogens with one attached hydrogen (secondary N) is 1. The van der Waals surface area contributed by atoms with Gasteiger partial charge in [0.05, 0.1) is 13.0 Å². The average Bonchev–Trinajstić information content (AvgIpc) is 2.26. The van der Waals surface area contributed by atoms with Gasteiger partial charge in [0.1, 0.15) is 5.75 Å². The summed E-state index contributed by atoms with van der Waals surface area (Å²) in [6, 6.07) is 3.79. The van der Waals surface area contributed by atoms with E-state index in [9.17, 15) is 4.79 Å². The number of anilines is 1. The van der Waals surface area contributed by atoms with Gasteiger partial charge >= 0.3 is 0 Å². The quantitative estimate of drug-likeness (QED) is 0.766. The van der Waals surface area contributed by atoms with Crippen molar-refractivity contribution in [2.75, 3.05) is 18.9 Å². The third-order valence-electron chi connectivity index (χ3n) is 2.52. The standard InChI is InChI=1S/C13H20N2O2/c1-4-15-13(16)5-6-17-12-8-9(2)11(14)7-10(12)3/h7-8H,4-6,14H2,1-3H3,(H,15,16). The number of nitrogen functional groups attached to an aromatic ring is 1. The topological polar surface area (TPSA) is 64.3 Å². The molecule has 0 aliphatic rings. The van der Waals surface area contributed by atoms with Gasteiger partial charge in [-0.1, -0.05) is 0 Å². The summed E-state index contributed by atoms with van der Waals surface area (Å²) < 4.78 is 5.57. The molecule has 0 saturated carbocycles. The lowest BCUT2D eigenvalue weighted by molar-refractivity contribution is -0.121. The van der Waals surface area contributed by atoms with Gasteiger partial charge in [-0.15, -0.1) is 0 Å². The maximum Gasteiger partial charge on any atom is 0.223 e. The molecule has 0 aromatic heterocycles. The van der Waals surface area contributed by atoms with Gasteiger partial charge in [0.2, 0.25) is 5.91 Å². The zero-order valence-corrected chi connectivity index (χ0v) is 10.7. The molecule has 0 atom stereocenters. The van der Waals surface area contributed by atoms with Crippen LogP contribution in [0.3, 0.4) is 0 Å². The Morgan fingerprint density at radius 1 is 1.35 bits per heavy atom. The molecule has 1 amide bonds. The lowest BCUT2D eigenvalue weighted by Crippen LogP contribution is -2.24. The van der Waals surface area contributed by atoms with Crippen molar-refractivity contribution in [1.29, 1.82) is 0 Å². The fourth-order valence-electron chi connectivity index (χ4n) is 1.51. The molecule has 0 unspecified atom stereocenters. The van der Waals surface area contributed by atoms with Crippen molar-refractivity contribution in [3.8, 4) is 5.75 Å². The first kappa shape index (κ1) is 13.4. The van der Waals surface area contributed by atoms with Crippen LogP contribution in [0.1, 0.15) is 24.5 Å². The molecule has 94 valence electrons. The van der Waals surface area contributed by atoms with Crippen LogP contribution in [-0.2, 0) is 4.79 Å². The summed E-state index contributed by atoms with van der Waals surface area (Å²) in [7, 11) is 0. The number of nitrogens with two attached hydrogens (primary N) is 1. The third-order valence-corrected chi connectivity index (χ3v) is 2.52. The molecule has 4 heteroatoms. The number of aryl methyl sites for hydroxylation is 2. The normalized spacial score (nSPS) is 10.1. The predicted octanol–water partition coefficient (Wildman–Crippen LogP) is 1.79. The number of hydrogen-bond acceptors (Lipinski definition) is 3. The van der Waals surface area contributed by atoms with E-state index in [-0.39, 0.29) is 5.91 Å². The van der Waals surface area contributed by atoms with E-state index in [1.54, 1.807) is 0 Å². The number of benzene rings is 1. The Labute approximate surface area is 102 Å². The summed E-state index contributed by atoms with van der Waals surface area (Å²) in [5.41, 5.74) is 8.53. The Morgan fingerprint density at radius 3 is 2.71 bits per heavy atom. The zero-order chi connectivity index (χ0) is 12.8. The van der Waals surface area contributed by atoms with Crippen LogP contribution in [0.15, 0.2) is 12.1 Å². The van der Waals surface area contributed by atoms with E-state index < -0.39 is 0 Å². The lowest BCUT2D eigenvalue weighted by atomic mass is 10.1. The van der Waals surface area contributed by atoms with E-state index in [1.165, 1.54) is 0 Å². The molecule has 1 rings (SSSR count). The number of carbonyl (C=O) groups excluding carboxylic acids is 1. The second-order valence-electron chi connectivity index (χ2n) is 4.03.